The van der Waals surface area contributed by atoms with Crippen molar-refractivity contribution in [3.63, 3.8) is 0 Å². The zero-order valence-corrected chi connectivity index (χ0v) is 15.4. The van der Waals surface area contributed by atoms with Crippen LogP contribution in [0, 0.1) is 5.41 Å². The number of ether oxygens (including phenoxy) is 1. The second kappa shape index (κ2) is 8.21. The van der Waals surface area contributed by atoms with Gasteiger partial charge in [-0.25, -0.2) is 0 Å². The number of anilines is 1. The predicted molar refractivity (Wildman–Crippen MR) is 101 cm³/mol. The molecule has 0 aliphatic carbocycles. The van der Waals surface area contributed by atoms with Gasteiger partial charge in [0, 0.05) is 45.0 Å². The maximum absolute atomic E-state index is 5.93. The third kappa shape index (κ3) is 5.12. The first-order valence-corrected chi connectivity index (χ1v) is 9.53. The number of nitrogens with zero attached hydrogens (tertiary/aromatic N) is 2. The highest BCUT2D eigenvalue weighted by Gasteiger charge is 2.25. The minimum atomic E-state index is 0.485. The molecule has 134 valence electrons. The van der Waals surface area contributed by atoms with Crippen molar-refractivity contribution in [2.75, 3.05) is 57.3 Å². The van der Waals surface area contributed by atoms with Crippen molar-refractivity contribution in [1.29, 1.82) is 0 Å². The quantitative estimate of drug-likeness (QED) is 0.811. The smallest absolute Gasteiger partial charge is 0.119 e. The number of hydrogen-bond donors (Lipinski definition) is 1. The molecule has 2 saturated heterocycles. The van der Waals surface area contributed by atoms with E-state index in [1.165, 1.54) is 31.6 Å². The van der Waals surface area contributed by atoms with Gasteiger partial charge in [-0.1, -0.05) is 13.8 Å². The molecular weight excluding hydrogens is 298 g/mol. The number of nitrogens with one attached hydrogen (secondary N) is 1. The van der Waals surface area contributed by atoms with E-state index in [2.05, 4.69) is 53.2 Å². The molecule has 0 unspecified atom stereocenters. The molecule has 4 heteroatoms. The molecule has 3 rings (SSSR count). The summed E-state index contributed by atoms with van der Waals surface area (Å²) in [6.45, 7) is 13.5. The summed E-state index contributed by atoms with van der Waals surface area (Å²) >= 11 is 0. The molecule has 0 bridgehead atoms. The molecule has 2 aliphatic heterocycles. The van der Waals surface area contributed by atoms with Crippen molar-refractivity contribution in [3.8, 4) is 5.75 Å². The number of rotatable bonds is 6. The first-order valence-electron chi connectivity index (χ1n) is 9.53. The summed E-state index contributed by atoms with van der Waals surface area (Å²) in [5.74, 6) is 0.993. The van der Waals surface area contributed by atoms with Crippen LogP contribution in [0.3, 0.4) is 0 Å². The molecule has 2 aliphatic rings. The minimum absolute atomic E-state index is 0.485. The van der Waals surface area contributed by atoms with Gasteiger partial charge in [-0.3, -0.25) is 0 Å². The summed E-state index contributed by atoms with van der Waals surface area (Å²) < 4.78 is 5.93. The van der Waals surface area contributed by atoms with E-state index in [9.17, 15) is 0 Å². The predicted octanol–water partition coefficient (Wildman–Crippen LogP) is 2.99. The van der Waals surface area contributed by atoms with Gasteiger partial charge in [-0.15, -0.1) is 0 Å². The molecule has 1 aromatic carbocycles. The summed E-state index contributed by atoms with van der Waals surface area (Å²) in [4.78, 5) is 5.03. The highest BCUT2D eigenvalue weighted by Crippen LogP contribution is 2.28. The number of piperazine rings is 1. The SMILES string of the molecule is CC1(C)CCCN(CCCOc2ccc(N3CCNCC3)cc2)C1. The molecule has 0 saturated carbocycles. The summed E-state index contributed by atoms with van der Waals surface area (Å²) in [7, 11) is 0. The molecule has 1 N–H and O–H groups in total. The van der Waals surface area contributed by atoms with E-state index in [1.807, 2.05) is 0 Å². The van der Waals surface area contributed by atoms with Crippen molar-refractivity contribution in [1.82, 2.24) is 10.2 Å². The number of benzene rings is 1. The number of likely N-dealkylation sites (tertiary alicyclic amines) is 1. The maximum atomic E-state index is 5.93. The monoisotopic (exact) mass is 331 g/mol. The molecule has 0 aromatic heterocycles. The fourth-order valence-corrected chi connectivity index (χ4v) is 3.89. The molecule has 24 heavy (non-hydrogen) atoms. The zero-order valence-electron chi connectivity index (χ0n) is 15.4. The molecule has 0 amide bonds. The lowest BCUT2D eigenvalue weighted by atomic mass is 9.84. The first kappa shape index (κ1) is 17.6. The summed E-state index contributed by atoms with van der Waals surface area (Å²) in [6.07, 6.45) is 3.80. The van der Waals surface area contributed by atoms with E-state index >= 15 is 0 Å². The molecule has 4 nitrogen and oxygen atoms in total. The standard InChI is InChI=1S/C20H33N3O/c1-20(2)9-3-12-22(17-20)13-4-16-24-19-7-5-18(6-8-19)23-14-10-21-11-15-23/h5-8,21H,3-4,9-17H2,1-2H3. The molecule has 0 radical (unpaired) electrons. The number of piperidine rings is 1. The van der Waals surface area contributed by atoms with E-state index in [4.69, 9.17) is 4.74 Å². The molecular formula is C20H33N3O. The molecule has 0 atom stereocenters. The molecule has 0 spiro atoms. The van der Waals surface area contributed by atoms with Gasteiger partial charge in [-0.05, 0) is 55.5 Å². The molecule has 2 heterocycles. The average molecular weight is 332 g/mol. The molecule has 2 fully saturated rings. The van der Waals surface area contributed by atoms with Crippen LogP contribution in [-0.4, -0.2) is 57.3 Å². The minimum Gasteiger partial charge on any atom is -0.494 e. The normalized spacial score (nSPS) is 21.7. The Kier molecular flexibility index (Phi) is 6.01. The second-order valence-electron chi connectivity index (χ2n) is 7.98. The van der Waals surface area contributed by atoms with Gasteiger partial charge in [0.05, 0.1) is 6.61 Å². The van der Waals surface area contributed by atoms with Crippen LogP contribution < -0.4 is 15.0 Å². The highest BCUT2D eigenvalue weighted by molar-refractivity contribution is 5.49. The third-order valence-corrected chi connectivity index (χ3v) is 5.19. The number of hydrogen-bond acceptors (Lipinski definition) is 4. The fourth-order valence-electron chi connectivity index (χ4n) is 3.89. The third-order valence-electron chi connectivity index (χ3n) is 5.19. The lowest BCUT2D eigenvalue weighted by Gasteiger charge is -2.38. The van der Waals surface area contributed by atoms with Crippen molar-refractivity contribution >= 4 is 5.69 Å². The maximum Gasteiger partial charge on any atom is 0.119 e. The Hall–Kier alpha value is -1.26. The van der Waals surface area contributed by atoms with Crippen LogP contribution in [0.15, 0.2) is 24.3 Å². The van der Waals surface area contributed by atoms with E-state index in [1.54, 1.807) is 0 Å². The second-order valence-corrected chi connectivity index (χ2v) is 7.98. The summed E-state index contributed by atoms with van der Waals surface area (Å²) in [6, 6.07) is 8.60. The van der Waals surface area contributed by atoms with Crippen molar-refractivity contribution in [3.05, 3.63) is 24.3 Å². The Morgan fingerprint density at radius 3 is 2.54 bits per heavy atom. The Balaban J connectivity index is 1.37. The van der Waals surface area contributed by atoms with Gasteiger partial charge < -0.3 is 19.9 Å². The van der Waals surface area contributed by atoms with Crippen molar-refractivity contribution < 1.29 is 4.74 Å². The largest absolute Gasteiger partial charge is 0.494 e. The van der Waals surface area contributed by atoms with E-state index in [0.29, 0.717) is 5.41 Å². The Bertz CT molecular complexity index is 494. The molecule has 1 aromatic rings. The van der Waals surface area contributed by atoms with Crippen LogP contribution in [0.25, 0.3) is 0 Å². The Morgan fingerprint density at radius 2 is 1.83 bits per heavy atom. The zero-order chi connectivity index (χ0) is 16.8. The van der Waals surface area contributed by atoms with Gasteiger partial charge in [0.2, 0.25) is 0 Å². The Morgan fingerprint density at radius 1 is 1.08 bits per heavy atom. The van der Waals surface area contributed by atoms with Gasteiger partial charge in [0.1, 0.15) is 5.75 Å². The summed E-state index contributed by atoms with van der Waals surface area (Å²) in [5.41, 5.74) is 1.79. The highest BCUT2D eigenvalue weighted by atomic mass is 16.5. The van der Waals surface area contributed by atoms with Crippen LogP contribution >= 0.6 is 0 Å². The van der Waals surface area contributed by atoms with E-state index in [0.717, 1.165) is 51.5 Å². The van der Waals surface area contributed by atoms with Gasteiger partial charge in [-0.2, -0.15) is 0 Å². The van der Waals surface area contributed by atoms with Crippen LogP contribution in [0.5, 0.6) is 5.75 Å². The summed E-state index contributed by atoms with van der Waals surface area (Å²) in [5, 5.41) is 3.39. The topological polar surface area (TPSA) is 27.7 Å². The van der Waals surface area contributed by atoms with Crippen molar-refractivity contribution in [2.45, 2.75) is 33.1 Å². The van der Waals surface area contributed by atoms with E-state index in [-0.39, 0.29) is 0 Å². The van der Waals surface area contributed by atoms with Crippen LogP contribution in [0.2, 0.25) is 0 Å². The average Bonchev–Trinajstić information content (AvgIpc) is 2.59. The van der Waals surface area contributed by atoms with E-state index < -0.39 is 0 Å². The van der Waals surface area contributed by atoms with Crippen LogP contribution in [-0.2, 0) is 0 Å². The lowest BCUT2D eigenvalue weighted by Crippen LogP contribution is -2.43. The van der Waals surface area contributed by atoms with Crippen molar-refractivity contribution in [2.24, 2.45) is 5.41 Å². The van der Waals surface area contributed by atoms with Gasteiger partial charge in [0.15, 0.2) is 0 Å². The lowest BCUT2D eigenvalue weighted by molar-refractivity contribution is 0.111. The van der Waals surface area contributed by atoms with Crippen LogP contribution in [0.4, 0.5) is 5.69 Å². The van der Waals surface area contributed by atoms with Crippen LogP contribution in [0.1, 0.15) is 33.1 Å². The van der Waals surface area contributed by atoms with Gasteiger partial charge >= 0.3 is 0 Å². The van der Waals surface area contributed by atoms with Gasteiger partial charge in [0.25, 0.3) is 0 Å². The first-order chi connectivity index (χ1) is 11.6. The fraction of sp³-hybridized carbons (Fsp3) is 0.700. The Labute approximate surface area is 147 Å².